The van der Waals surface area contributed by atoms with E-state index in [-0.39, 0.29) is 6.09 Å². The SMILES string of the molecule is CCNC(=NCCc1c[nH]c2c(C)cccc12)NC1CCN(C(=O)OC)CC1. The Kier molecular flexibility index (Phi) is 6.79. The molecular weight excluding hydrogens is 354 g/mol. The maximum atomic E-state index is 11.6. The lowest BCUT2D eigenvalue weighted by Gasteiger charge is -2.32. The molecule has 7 heteroatoms. The third-order valence-electron chi connectivity index (χ3n) is 5.27. The van der Waals surface area contributed by atoms with Gasteiger partial charge in [0.05, 0.1) is 7.11 Å². The first-order valence-electron chi connectivity index (χ1n) is 10.1. The van der Waals surface area contributed by atoms with E-state index in [1.165, 1.54) is 29.1 Å². The molecule has 3 rings (SSSR count). The molecule has 0 aliphatic carbocycles. The molecule has 0 spiro atoms. The largest absolute Gasteiger partial charge is 0.453 e. The van der Waals surface area contributed by atoms with Gasteiger partial charge in [0.25, 0.3) is 0 Å². The van der Waals surface area contributed by atoms with Crippen molar-refractivity contribution in [3.05, 3.63) is 35.5 Å². The number of nitrogens with zero attached hydrogens (tertiary/aromatic N) is 2. The van der Waals surface area contributed by atoms with Crippen molar-refractivity contribution in [2.24, 2.45) is 4.99 Å². The number of guanidine groups is 1. The number of aromatic nitrogens is 1. The summed E-state index contributed by atoms with van der Waals surface area (Å²) in [4.78, 5) is 21.5. The lowest BCUT2D eigenvalue weighted by Crippen LogP contribution is -2.49. The highest BCUT2D eigenvalue weighted by molar-refractivity contribution is 5.86. The van der Waals surface area contributed by atoms with Gasteiger partial charge in [0.15, 0.2) is 5.96 Å². The number of methoxy groups -OCH3 is 1. The Morgan fingerprint density at radius 3 is 2.86 bits per heavy atom. The van der Waals surface area contributed by atoms with E-state index >= 15 is 0 Å². The van der Waals surface area contributed by atoms with Crippen molar-refractivity contribution in [3.8, 4) is 0 Å². The minimum Gasteiger partial charge on any atom is -0.453 e. The van der Waals surface area contributed by atoms with Crippen molar-refractivity contribution in [2.75, 3.05) is 33.3 Å². The topological polar surface area (TPSA) is 81.8 Å². The monoisotopic (exact) mass is 385 g/mol. The fourth-order valence-corrected chi connectivity index (χ4v) is 3.71. The third kappa shape index (κ3) is 4.77. The highest BCUT2D eigenvalue weighted by Crippen LogP contribution is 2.21. The first-order valence-corrected chi connectivity index (χ1v) is 10.1. The number of rotatable bonds is 5. The van der Waals surface area contributed by atoms with E-state index in [4.69, 9.17) is 9.73 Å². The molecule has 2 heterocycles. The number of nitrogens with one attached hydrogen (secondary N) is 3. The Labute approximate surface area is 166 Å². The molecule has 0 bridgehead atoms. The van der Waals surface area contributed by atoms with E-state index in [1.807, 2.05) is 0 Å². The van der Waals surface area contributed by atoms with E-state index in [0.29, 0.717) is 19.1 Å². The van der Waals surface area contributed by atoms with Crippen LogP contribution in [0, 0.1) is 6.92 Å². The van der Waals surface area contributed by atoms with Crippen LogP contribution in [0.1, 0.15) is 30.9 Å². The zero-order valence-electron chi connectivity index (χ0n) is 17.0. The van der Waals surface area contributed by atoms with E-state index in [2.05, 4.69) is 53.9 Å². The first-order chi connectivity index (χ1) is 13.6. The molecule has 1 aromatic heterocycles. The first kappa shape index (κ1) is 20.0. The maximum absolute atomic E-state index is 11.6. The Bertz CT molecular complexity index is 821. The van der Waals surface area contributed by atoms with Crippen molar-refractivity contribution < 1.29 is 9.53 Å². The molecule has 0 unspecified atom stereocenters. The summed E-state index contributed by atoms with van der Waals surface area (Å²) in [6, 6.07) is 6.70. The highest BCUT2D eigenvalue weighted by Gasteiger charge is 2.23. The van der Waals surface area contributed by atoms with Crippen LogP contribution in [0.15, 0.2) is 29.4 Å². The number of H-pyrrole nitrogens is 1. The summed E-state index contributed by atoms with van der Waals surface area (Å²) in [5, 5.41) is 8.12. The van der Waals surface area contributed by atoms with E-state index < -0.39 is 0 Å². The summed E-state index contributed by atoms with van der Waals surface area (Å²) in [6.45, 7) is 7.15. The maximum Gasteiger partial charge on any atom is 0.409 e. The van der Waals surface area contributed by atoms with Gasteiger partial charge in [-0.1, -0.05) is 18.2 Å². The Hall–Kier alpha value is -2.70. The van der Waals surface area contributed by atoms with E-state index in [1.54, 1.807) is 4.90 Å². The molecule has 7 nitrogen and oxygen atoms in total. The summed E-state index contributed by atoms with van der Waals surface area (Å²) in [7, 11) is 1.43. The molecule has 0 radical (unpaired) electrons. The quantitative estimate of drug-likeness (QED) is 0.546. The smallest absolute Gasteiger partial charge is 0.409 e. The molecule has 0 saturated carbocycles. The summed E-state index contributed by atoms with van der Waals surface area (Å²) < 4.78 is 4.80. The van der Waals surface area contributed by atoms with Crippen LogP contribution in [-0.4, -0.2) is 61.3 Å². The molecule has 152 valence electrons. The van der Waals surface area contributed by atoms with Crippen molar-refractivity contribution in [2.45, 2.75) is 39.2 Å². The number of amides is 1. The zero-order valence-corrected chi connectivity index (χ0v) is 17.0. The lowest BCUT2D eigenvalue weighted by molar-refractivity contribution is 0.111. The standard InChI is InChI=1S/C21H31N5O2/c1-4-22-20(25-17-9-12-26(13-10-17)21(27)28-3)23-11-8-16-14-24-19-15(2)6-5-7-18(16)19/h5-7,14,17,24H,4,8-13H2,1-3H3,(H2,22,23,25). The molecule has 1 saturated heterocycles. The second kappa shape index (κ2) is 9.48. The van der Waals surface area contributed by atoms with Crippen LogP contribution < -0.4 is 10.6 Å². The van der Waals surface area contributed by atoms with Gasteiger partial charge in [-0.3, -0.25) is 4.99 Å². The molecule has 2 aromatic rings. The fourth-order valence-electron chi connectivity index (χ4n) is 3.71. The van der Waals surface area contributed by atoms with Crippen LogP contribution in [0.4, 0.5) is 4.79 Å². The predicted octanol–water partition coefficient (Wildman–Crippen LogP) is 2.80. The van der Waals surface area contributed by atoms with E-state index in [0.717, 1.165) is 38.3 Å². The summed E-state index contributed by atoms with van der Waals surface area (Å²) in [6.07, 6.45) is 4.52. The highest BCUT2D eigenvalue weighted by atomic mass is 16.5. The number of piperidine rings is 1. The third-order valence-corrected chi connectivity index (χ3v) is 5.27. The van der Waals surface area contributed by atoms with Crippen molar-refractivity contribution in [1.82, 2.24) is 20.5 Å². The van der Waals surface area contributed by atoms with Crippen LogP contribution in [0.2, 0.25) is 0 Å². The second-order valence-corrected chi connectivity index (χ2v) is 7.20. The summed E-state index contributed by atoms with van der Waals surface area (Å²) >= 11 is 0. The molecular formula is C21H31N5O2. The van der Waals surface area contributed by atoms with Crippen molar-refractivity contribution >= 4 is 23.0 Å². The molecule has 1 amide bonds. The Morgan fingerprint density at radius 2 is 2.14 bits per heavy atom. The minimum absolute atomic E-state index is 0.243. The molecule has 1 aromatic carbocycles. The number of carbonyl (C=O) groups excluding carboxylic acids is 1. The number of aromatic amines is 1. The van der Waals surface area contributed by atoms with Gasteiger partial charge in [0.1, 0.15) is 0 Å². The number of ether oxygens (including phenoxy) is 1. The molecule has 1 fully saturated rings. The van der Waals surface area contributed by atoms with Crippen LogP contribution in [0.3, 0.4) is 0 Å². The van der Waals surface area contributed by atoms with Gasteiger partial charge in [-0.2, -0.15) is 0 Å². The molecule has 28 heavy (non-hydrogen) atoms. The number of hydrogen-bond acceptors (Lipinski definition) is 3. The normalized spacial score (nSPS) is 15.7. The van der Waals surface area contributed by atoms with Gasteiger partial charge in [-0.25, -0.2) is 4.79 Å². The number of likely N-dealkylation sites (tertiary alicyclic amines) is 1. The number of carbonyl (C=O) groups is 1. The zero-order chi connectivity index (χ0) is 19.9. The average molecular weight is 386 g/mol. The summed E-state index contributed by atoms with van der Waals surface area (Å²) in [5.41, 5.74) is 3.77. The van der Waals surface area contributed by atoms with Crippen LogP contribution in [0.25, 0.3) is 10.9 Å². The average Bonchev–Trinajstić information content (AvgIpc) is 3.12. The van der Waals surface area contributed by atoms with Gasteiger partial charge in [0.2, 0.25) is 0 Å². The fraction of sp³-hybridized carbons (Fsp3) is 0.524. The van der Waals surface area contributed by atoms with Crippen molar-refractivity contribution in [1.29, 1.82) is 0 Å². The summed E-state index contributed by atoms with van der Waals surface area (Å²) in [5.74, 6) is 0.843. The number of aryl methyl sites for hydroxylation is 1. The second-order valence-electron chi connectivity index (χ2n) is 7.20. The number of para-hydroxylation sites is 1. The van der Waals surface area contributed by atoms with Gasteiger partial charge in [0, 0.05) is 49.3 Å². The Morgan fingerprint density at radius 1 is 1.36 bits per heavy atom. The number of fused-ring (bicyclic) bond motifs is 1. The molecule has 3 N–H and O–H groups in total. The minimum atomic E-state index is -0.243. The predicted molar refractivity (Wildman–Crippen MR) is 113 cm³/mol. The van der Waals surface area contributed by atoms with Crippen LogP contribution in [0.5, 0.6) is 0 Å². The van der Waals surface area contributed by atoms with Crippen molar-refractivity contribution in [3.63, 3.8) is 0 Å². The Balaban J connectivity index is 1.55. The lowest BCUT2D eigenvalue weighted by atomic mass is 10.1. The number of hydrogen-bond donors (Lipinski definition) is 3. The van der Waals surface area contributed by atoms with Crippen LogP contribution >= 0.6 is 0 Å². The van der Waals surface area contributed by atoms with E-state index in [9.17, 15) is 4.79 Å². The van der Waals surface area contributed by atoms with Gasteiger partial charge >= 0.3 is 6.09 Å². The molecule has 1 aliphatic heterocycles. The number of benzene rings is 1. The molecule has 0 atom stereocenters. The molecule has 1 aliphatic rings. The van der Waals surface area contributed by atoms with Gasteiger partial charge < -0.3 is 25.3 Å². The van der Waals surface area contributed by atoms with Gasteiger partial charge in [-0.05, 0) is 44.2 Å². The number of aliphatic imine (C=N–C) groups is 1. The van der Waals surface area contributed by atoms with Gasteiger partial charge in [-0.15, -0.1) is 0 Å². The van der Waals surface area contributed by atoms with Crippen LogP contribution in [-0.2, 0) is 11.2 Å².